The van der Waals surface area contributed by atoms with Crippen molar-refractivity contribution in [3.8, 4) is 33.4 Å². The predicted octanol–water partition coefficient (Wildman–Crippen LogP) is 7.66. The van der Waals surface area contributed by atoms with Crippen LogP contribution in [0.2, 0.25) is 0 Å². The lowest BCUT2D eigenvalue weighted by Crippen LogP contribution is -2.07. The zero-order valence-electron chi connectivity index (χ0n) is 19.1. The molecule has 5 aromatic rings. The van der Waals surface area contributed by atoms with Gasteiger partial charge in [-0.15, -0.1) is 0 Å². The number of hydrogen-bond donors (Lipinski definition) is 0. The quantitative estimate of drug-likeness (QED) is 0.253. The summed E-state index contributed by atoms with van der Waals surface area (Å²) in [5.74, 6) is 0. The fourth-order valence-corrected chi connectivity index (χ4v) is 5.03. The van der Waals surface area contributed by atoms with Crippen LogP contribution in [-0.2, 0) is 16.0 Å². The van der Waals surface area contributed by atoms with E-state index in [9.17, 15) is 21.6 Å². The second-order valence-corrected chi connectivity index (χ2v) is 10.5. The van der Waals surface area contributed by atoms with Gasteiger partial charge in [-0.05, 0) is 46.5 Å². The van der Waals surface area contributed by atoms with E-state index in [4.69, 9.17) is 0 Å². The van der Waals surface area contributed by atoms with Gasteiger partial charge in [0.1, 0.15) is 0 Å². The van der Waals surface area contributed by atoms with Gasteiger partial charge in [0.25, 0.3) is 0 Å². The molecule has 0 amide bonds. The highest BCUT2D eigenvalue weighted by Gasteiger charge is 2.33. The molecule has 0 N–H and O–H groups in total. The van der Waals surface area contributed by atoms with Crippen LogP contribution in [0.15, 0.2) is 108 Å². The van der Waals surface area contributed by atoms with E-state index in [1.165, 1.54) is 18.3 Å². The molecule has 0 saturated heterocycles. The Kier molecular flexibility index (Phi) is 5.88. The average molecular weight is 504 g/mol. The highest BCUT2D eigenvalue weighted by molar-refractivity contribution is 7.90. The lowest BCUT2D eigenvalue weighted by molar-refractivity contribution is -0.136. The first-order chi connectivity index (χ1) is 17.1. The van der Waals surface area contributed by atoms with Crippen LogP contribution in [0.5, 0.6) is 0 Å². The highest BCUT2D eigenvalue weighted by Crippen LogP contribution is 2.42. The molecule has 0 bridgehead atoms. The number of benzene rings is 4. The van der Waals surface area contributed by atoms with E-state index in [1.54, 1.807) is 24.3 Å². The molecule has 0 aliphatic heterocycles. The largest absolute Gasteiger partial charge is 0.418 e. The minimum absolute atomic E-state index is 0.121. The van der Waals surface area contributed by atoms with Crippen LogP contribution in [0.1, 0.15) is 5.56 Å². The maximum Gasteiger partial charge on any atom is 0.418 e. The zero-order valence-corrected chi connectivity index (χ0v) is 19.9. The number of alkyl halides is 3. The summed E-state index contributed by atoms with van der Waals surface area (Å²) in [6.07, 6.45) is -1.92. The molecule has 4 aromatic carbocycles. The van der Waals surface area contributed by atoms with Crippen LogP contribution in [0.4, 0.5) is 13.2 Å². The van der Waals surface area contributed by atoms with Gasteiger partial charge in [-0.2, -0.15) is 13.2 Å². The lowest BCUT2D eigenvalue weighted by Gasteiger charge is -2.17. The summed E-state index contributed by atoms with van der Waals surface area (Å²) in [6, 6.07) is 27.4. The summed E-state index contributed by atoms with van der Waals surface area (Å²) in [7, 11) is -3.40. The van der Waals surface area contributed by atoms with Crippen molar-refractivity contribution in [2.24, 2.45) is 0 Å². The highest BCUT2D eigenvalue weighted by atomic mass is 32.2. The van der Waals surface area contributed by atoms with Crippen molar-refractivity contribution < 1.29 is 21.6 Å². The Morgan fingerprint density at radius 3 is 2.00 bits per heavy atom. The molecule has 0 saturated carbocycles. The summed E-state index contributed by atoms with van der Waals surface area (Å²) in [4.78, 5) is 4.44. The third kappa shape index (κ3) is 4.50. The first-order valence-electron chi connectivity index (χ1n) is 11.1. The Bertz CT molecular complexity index is 1700. The minimum Gasteiger partial charge on any atom is -0.255 e. The lowest BCUT2D eigenvalue weighted by atomic mass is 9.90. The van der Waals surface area contributed by atoms with Gasteiger partial charge in [0, 0.05) is 29.0 Å². The van der Waals surface area contributed by atoms with Crippen LogP contribution in [0.3, 0.4) is 0 Å². The van der Waals surface area contributed by atoms with E-state index < -0.39 is 21.6 Å². The summed E-state index contributed by atoms with van der Waals surface area (Å²) < 4.78 is 65.6. The van der Waals surface area contributed by atoms with Crippen LogP contribution >= 0.6 is 0 Å². The van der Waals surface area contributed by atoms with Gasteiger partial charge < -0.3 is 0 Å². The number of pyridine rings is 1. The molecule has 0 atom stereocenters. The van der Waals surface area contributed by atoms with Crippen molar-refractivity contribution in [1.29, 1.82) is 0 Å². The molecule has 0 spiro atoms. The predicted molar refractivity (Wildman–Crippen MR) is 136 cm³/mol. The van der Waals surface area contributed by atoms with Gasteiger partial charge >= 0.3 is 6.18 Å². The molecule has 180 valence electrons. The topological polar surface area (TPSA) is 47.0 Å². The van der Waals surface area contributed by atoms with E-state index in [0.717, 1.165) is 23.4 Å². The van der Waals surface area contributed by atoms with Crippen LogP contribution in [0, 0.1) is 0 Å². The van der Waals surface area contributed by atoms with Crippen molar-refractivity contribution in [3.05, 3.63) is 109 Å². The SMILES string of the molecule is CS(=O)(=O)c1cccc(-c2cccc(-c3c(-c4ccccc4)cnc4c(C(F)(F)F)cccc34)c2)c1. The number of aromatic nitrogens is 1. The second-order valence-electron chi connectivity index (χ2n) is 8.49. The van der Waals surface area contributed by atoms with Crippen LogP contribution in [-0.4, -0.2) is 19.7 Å². The van der Waals surface area contributed by atoms with E-state index in [1.807, 2.05) is 54.6 Å². The monoisotopic (exact) mass is 503 g/mol. The first kappa shape index (κ1) is 23.8. The summed E-state index contributed by atoms with van der Waals surface area (Å²) in [5, 5.41) is 0.383. The van der Waals surface area contributed by atoms with Gasteiger partial charge in [-0.25, -0.2) is 8.42 Å². The van der Waals surface area contributed by atoms with E-state index in [0.29, 0.717) is 27.6 Å². The number of rotatable bonds is 4. The van der Waals surface area contributed by atoms with E-state index in [2.05, 4.69) is 4.98 Å². The smallest absolute Gasteiger partial charge is 0.255 e. The molecule has 3 nitrogen and oxygen atoms in total. The van der Waals surface area contributed by atoms with E-state index >= 15 is 0 Å². The Balaban J connectivity index is 1.79. The van der Waals surface area contributed by atoms with Gasteiger partial charge in [-0.1, -0.05) is 72.8 Å². The molecule has 0 radical (unpaired) electrons. The summed E-state index contributed by atoms with van der Waals surface area (Å²) in [6.45, 7) is 0. The third-order valence-electron chi connectivity index (χ3n) is 6.03. The number of para-hydroxylation sites is 1. The Hall–Kier alpha value is -3.97. The number of halogens is 3. The second kappa shape index (κ2) is 8.91. The fraction of sp³-hybridized carbons (Fsp3) is 0.0690. The molecule has 0 aliphatic carbocycles. The van der Waals surface area contributed by atoms with Crippen molar-refractivity contribution in [2.45, 2.75) is 11.1 Å². The van der Waals surface area contributed by atoms with Crippen molar-refractivity contribution in [3.63, 3.8) is 0 Å². The Labute approximate surface area is 206 Å². The molecule has 1 aromatic heterocycles. The zero-order chi connectivity index (χ0) is 25.5. The molecule has 5 rings (SSSR count). The standard InChI is InChI=1S/C29H20F3NO2S/c1-36(34,35)23-13-6-11-21(17-23)20-10-5-12-22(16-20)27-24-14-7-15-26(29(30,31)32)28(24)33-18-25(27)19-8-3-2-4-9-19/h2-18H,1H3. The molecular weight excluding hydrogens is 483 g/mol. The number of hydrogen-bond acceptors (Lipinski definition) is 3. The van der Waals surface area contributed by atoms with E-state index in [-0.39, 0.29) is 10.4 Å². The molecular formula is C29H20F3NO2S. The van der Waals surface area contributed by atoms with Gasteiger partial charge in [0.05, 0.1) is 16.0 Å². The molecule has 0 aliphatic rings. The van der Waals surface area contributed by atoms with Crippen molar-refractivity contribution in [1.82, 2.24) is 4.98 Å². The van der Waals surface area contributed by atoms with Gasteiger partial charge in [0.15, 0.2) is 9.84 Å². The molecule has 36 heavy (non-hydrogen) atoms. The molecule has 1 heterocycles. The Morgan fingerprint density at radius 2 is 1.31 bits per heavy atom. The molecule has 0 fully saturated rings. The molecule has 0 unspecified atom stereocenters. The van der Waals surface area contributed by atoms with Gasteiger partial charge in [-0.3, -0.25) is 4.98 Å². The fourth-order valence-electron chi connectivity index (χ4n) is 4.36. The maximum absolute atomic E-state index is 13.8. The summed E-state index contributed by atoms with van der Waals surface area (Å²) >= 11 is 0. The third-order valence-corrected chi connectivity index (χ3v) is 7.14. The minimum atomic E-state index is -4.55. The Morgan fingerprint density at radius 1 is 0.694 bits per heavy atom. The number of fused-ring (bicyclic) bond motifs is 1. The molecule has 7 heteroatoms. The number of nitrogens with zero attached hydrogens (tertiary/aromatic N) is 1. The average Bonchev–Trinajstić information content (AvgIpc) is 2.87. The summed E-state index contributed by atoms with van der Waals surface area (Å²) in [5.41, 5.74) is 3.36. The maximum atomic E-state index is 13.8. The van der Waals surface area contributed by atoms with Crippen molar-refractivity contribution in [2.75, 3.05) is 6.26 Å². The number of sulfone groups is 1. The van der Waals surface area contributed by atoms with Crippen molar-refractivity contribution >= 4 is 20.7 Å². The normalized spacial score (nSPS) is 12.1. The first-order valence-corrected chi connectivity index (χ1v) is 13.0. The van der Waals surface area contributed by atoms with Crippen LogP contribution < -0.4 is 0 Å². The van der Waals surface area contributed by atoms with Crippen LogP contribution in [0.25, 0.3) is 44.3 Å². The van der Waals surface area contributed by atoms with Gasteiger partial charge in [0.2, 0.25) is 0 Å².